The Bertz CT molecular complexity index is 502. The van der Waals surface area contributed by atoms with Crippen LogP contribution in [0.25, 0.3) is 5.52 Å². The molecule has 4 heteroatoms. The maximum atomic E-state index is 9.37. The summed E-state index contributed by atoms with van der Waals surface area (Å²) in [5, 5.41) is 9.89. The maximum absolute atomic E-state index is 9.37. The molecule has 3 rings (SSSR count). The van der Waals surface area contributed by atoms with Gasteiger partial charge in [0.2, 0.25) is 0 Å². The number of hydrogen-bond donors (Lipinski definition) is 1. The first kappa shape index (κ1) is 8.12. The lowest BCUT2D eigenvalue weighted by Crippen LogP contribution is -1.90. The summed E-state index contributed by atoms with van der Waals surface area (Å²) in [7, 11) is 0. The van der Waals surface area contributed by atoms with E-state index in [0.717, 1.165) is 11.3 Å². The van der Waals surface area contributed by atoms with Gasteiger partial charge in [-0.2, -0.15) is 0 Å². The van der Waals surface area contributed by atoms with Crippen molar-refractivity contribution in [3.63, 3.8) is 0 Å². The van der Waals surface area contributed by atoms with Crippen LogP contribution in [0, 0.1) is 0 Å². The molecular formula is C10H9ClN2O. The fourth-order valence-electron chi connectivity index (χ4n) is 1.69. The van der Waals surface area contributed by atoms with Crippen molar-refractivity contribution in [1.29, 1.82) is 0 Å². The summed E-state index contributed by atoms with van der Waals surface area (Å²) < 4.78 is 1.88. The number of fused-ring (bicyclic) bond motifs is 1. The van der Waals surface area contributed by atoms with Gasteiger partial charge in [0.15, 0.2) is 5.15 Å². The van der Waals surface area contributed by atoms with E-state index in [1.54, 1.807) is 18.3 Å². The zero-order valence-electron chi connectivity index (χ0n) is 7.44. The predicted molar refractivity (Wildman–Crippen MR) is 53.8 cm³/mol. The molecule has 2 heterocycles. The molecule has 1 N–H and O–H groups in total. The first-order valence-corrected chi connectivity index (χ1v) is 5.00. The second kappa shape index (κ2) is 2.64. The summed E-state index contributed by atoms with van der Waals surface area (Å²) in [5.41, 5.74) is 0.867. The summed E-state index contributed by atoms with van der Waals surface area (Å²) >= 11 is 5.99. The molecular weight excluding hydrogens is 200 g/mol. The molecule has 1 aliphatic carbocycles. The van der Waals surface area contributed by atoms with Gasteiger partial charge in [0.05, 0.1) is 11.7 Å². The molecule has 1 fully saturated rings. The van der Waals surface area contributed by atoms with Crippen LogP contribution in [0.2, 0.25) is 5.15 Å². The van der Waals surface area contributed by atoms with Crippen molar-refractivity contribution in [2.75, 3.05) is 0 Å². The van der Waals surface area contributed by atoms with E-state index in [4.69, 9.17) is 11.6 Å². The van der Waals surface area contributed by atoms with Gasteiger partial charge in [-0.3, -0.25) is 4.40 Å². The normalized spacial score (nSPS) is 16.4. The van der Waals surface area contributed by atoms with Gasteiger partial charge in [-0.05, 0) is 25.0 Å². The minimum atomic E-state index is 0.244. The molecule has 1 aliphatic rings. The smallest absolute Gasteiger partial charge is 0.155 e. The van der Waals surface area contributed by atoms with Crippen molar-refractivity contribution in [2.45, 2.75) is 18.8 Å². The van der Waals surface area contributed by atoms with Gasteiger partial charge in [0.25, 0.3) is 0 Å². The highest BCUT2D eigenvalue weighted by molar-refractivity contribution is 6.32. The second-order valence-corrected chi connectivity index (χ2v) is 4.04. The number of rotatable bonds is 1. The standard InChI is InChI=1S/C10H9ClN2O/c11-9-8-4-3-7(14)5-13(8)10(12-9)6-1-2-6/h3-6,14H,1-2H2. The molecule has 0 spiro atoms. The molecule has 0 bridgehead atoms. The lowest BCUT2D eigenvalue weighted by molar-refractivity contribution is 0.471. The molecule has 2 aromatic rings. The topological polar surface area (TPSA) is 37.5 Å². The van der Waals surface area contributed by atoms with Crippen molar-refractivity contribution in [1.82, 2.24) is 9.38 Å². The van der Waals surface area contributed by atoms with Crippen molar-refractivity contribution >= 4 is 17.1 Å². The monoisotopic (exact) mass is 208 g/mol. The number of aromatic hydroxyl groups is 1. The number of imidazole rings is 1. The fourth-order valence-corrected chi connectivity index (χ4v) is 1.93. The van der Waals surface area contributed by atoms with Crippen LogP contribution in [0.1, 0.15) is 24.6 Å². The predicted octanol–water partition coefficient (Wildman–Crippen LogP) is 2.57. The minimum Gasteiger partial charge on any atom is -0.506 e. The van der Waals surface area contributed by atoms with Gasteiger partial charge in [-0.1, -0.05) is 11.6 Å². The number of hydrogen-bond acceptors (Lipinski definition) is 2. The van der Waals surface area contributed by atoms with E-state index in [1.165, 1.54) is 12.8 Å². The Hall–Kier alpha value is -1.22. The van der Waals surface area contributed by atoms with Crippen LogP contribution >= 0.6 is 11.6 Å². The van der Waals surface area contributed by atoms with Crippen LogP contribution in [0.3, 0.4) is 0 Å². The van der Waals surface area contributed by atoms with Crippen molar-refractivity contribution in [3.8, 4) is 5.75 Å². The van der Waals surface area contributed by atoms with Crippen molar-refractivity contribution in [2.24, 2.45) is 0 Å². The molecule has 0 saturated heterocycles. The van der Waals surface area contributed by atoms with Gasteiger partial charge in [0.1, 0.15) is 11.6 Å². The van der Waals surface area contributed by atoms with Gasteiger partial charge in [-0.25, -0.2) is 4.98 Å². The highest BCUT2D eigenvalue weighted by atomic mass is 35.5. The van der Waals surface area contributed by atoms with E-state index in [-0.39, 0.29) is 5.75 Å². The highest BCUT2D eigenvalue weighted by Crippen LogP contribution is 2.40. The van der Waals surface area contributed by atoms with E-state index >= 15 is 0 Å². The Morgan fingerprint density at radius 2 is 2.21 bits per heavy atom. The molecule has 0 atom stereocenters. The summed E-state index contributed by atoms with van der Waals surface area (Å²) in [6, 6.07) is 3.41. The SMILES string of the molecule is Oc1ccc2c(Cl)nc(C3CC3)n2c1. The Morgan fingerprint density at radius 3 is 2.93 bits per heavy atom. The van der Waals surface area contributed by atoms with E-state index < -0.39 is 0 Å². The highest BCUT2D eigenvalue weighted by Gasteiger charge is 2.28. The third-order valence-corrected chi connectivity index (χ3v) is 2.82. The van der Waals surface area contributed by atoms with Crippen LogP contribution in [0.5, 0.6) is 5.75 Å². The number of halogens is 1. The molecule has 0 aliphatic heterocycles. The minimum absolute atomic E-state index is 0.244. The van der Waals surface area contributed by atoms with E-state index in [1.807, 2.05) is 4.40 Å². The number of aromatic nitrogens is 2. The van der Waals surface area contributed by atoms with Gasteiger partial charge >= 0.3 is 0 Å². The molecule has 0 amide bonds. The van der Waals surface area contributed by atoms with Crippen LogP contribution in [0.4, 0.5) is 0 Å². The Morgan fingerprint density at radius 1 is 1.43 bits per heavy atom. The fraction of sp³-hybridized carbons (Fsp3) is 0.300. The summed E-state index contributed by atoms with van der Waals surface area (Å²) in [4.78, 5) is 4.31. The van der Waals surface area contributed by atoms with E-state index in [0.29, 0.717) is 11.1 Å². The lowest BCUT2D eigenvalue weighted by Gasteiger charge is -1.98. The largest absolute Gasteiger partial charge is 0.506 e. The van der Waals surface area contributed by atoms with Crippen LogP contribution in [-0.4, -0.2) is 14.5 Å². The van der Waals surface area contributed by atoms with E-state index in [2.05, 4.69) is 4.98 Å². The van der Waals surface area contributed by atoms with Crippen molar-refractivity contribution < 1.29 is 5.11 Å². The van der Waals surface area contributed by atoms with Gasteiger partial charge < -0.3 is 5.11 Å². The Labute approximate surface area is 86.0 Å². The Kier molecular flexibility index (Phi) is 1.53. The first-order valence-electron chi connectivity index (χ1n) is 4.62. The molecule has 72 valence electrons. The lowest BCUT2D eigenvalue weighted by atomic mass is 10.3. The zero-order valence-corrected chi connectivity index (χ0v) is 8.20. The quantitative estimate of drug-likeness (QED) is 0.782. The summed E-state index contributed by atoms with van der Waals surface area (Å²) in [5.74, 6) is 1.74. The Balaban J connectivity index is 2.33. The zero-order chi connectivity index (χ0) is 9.71. The number of pyridine rings is 1. The molecule has 14 heavy (non-hydrogen) atoms. The van der Waals surface area contributed by atoms with E-state index in [9.17, 15) is 5.11 Å². The third kappa shape index (κ3) is 1.09. The maximum Gasteiger partial charge on any atom is 0.155 e. The van der Waals surface area contributed by atoms with Crippen LogP contribution < -0.4 is 0 Å². The van der Waals surface area contributed by atoms with Crippen LogP contribution in [0.15, 0.2) is 18.3 Å². The number of nitrogens with zero attached hydrogens (tertiary/aromatic N) is 2. The second-order valence-electron chi connectivity index (χ2n) is 3.68. The average molecular weight is 209 g/mol. The molecule has 0 radical (unpaired) electrons. The average Bonchev–Trinajstić information content (AvgIpc) is 2.93. The molecule has 1 saturated carbocycles. The third-order valence-electron chi connectivity index (χ3n) is 2.55. The van der Waals surface area contributed by atoms with Crippen molar-refractivity contribution in [3.05, 3.63) is 29.3 Å². The molecule has 0 unspecified atom stereocenters. The summed E-state index contributed by atoms with van der Waals surface area (Å²) in [6.07, 6.45) is 4.01. The molecule has 3 nitrogen and oxygen atoms in total. The first-order chi connectivity index (χ1) is 6.75. The summed E-state index contributed by atoms with van der Waals surface area (Å²) in [6.45, 7) is 0. The van der Waals surface area contributed by atoms with Gasteiger partial charge in [-0.15, -0.1) is 0 Å². The van der Waals surface area contributed by atoms with Gasteiger partial charge in [0, 0.05) is 5.92 Å². The molecule has 2 aromatic heterocycles. The van der Waals surface area contributed by atoms with Crippen LogP contribution in [-0.2, 0) is 0 Å². The molecule has 0 aromatic carbocycles.